The number of aryl methyl sites for hydroxylation is 2. The van der Waals surface area contributed by atoms with Gasteiger partial charge in [-0.15, -0.1) is 0 Å². The molecule has 0 aliphatic heterocycles. The van der Waals surface area contributed by atoms with Crippen LogP contribution in [0.1, 0.15) is 48.6 Å². The smallest absolute Gasteiger partial charge is 0.128 e. The van der Waals surface area contributed by atoms with E-state index in [4.69, 9.17) is 10.7 Å². The lowest BCUT2D eigenvalue weighted by molar-refractivity contribution is 0.450. The van der Waals surface area contributed by atoms with Gasteiger partial charge in [0.2, 0.25) is 0 Å². The molecule has 0 saturated heterocycles. The average Bonchev–Trinajstić information content (AvgIpc) is 2.70. The van der Waals surface area contributed by atoms with Gasteiger partial charge in [-0.05, 0) is 72.7 Å². The fraction of sp³-hybridized carbons (Fsp3) is 0.240. The van der Waals surface area contributed by atoms with Crippen LogP contribution in [0.3, 0.4) is 0 Å². The maximum atomic E-state index is 10.1. The summed E-state index contributed by atoms with van der Waals surface area (Å²) >= 11 is 0. The van der Waals surface area contributed by atoms with Crippen LogP contribution in [0.25, 0.3) is 0 Å². The van der Waals surface area contributed by atoms with E-state index < -0.39 is 0 Å². The lowest BCUT2D eigenvalue weighted by Gasteiger charge is -2.11. The van der Waals surface area contributed by atoms with Crippen LogP contribution in [-0.4, -0.2) is 15.9 Å². The Hall–Kier alpha value is -3.27. The molecule has 0 unspecified atom stereocenters. The second-order valence-electron chi connectivity index (χ2n) is 7.28. The second-order valence-corrected chi connectivity index (χ2v) is 7.28. The van der Waals surface area contributed by atoms with Crippen molar-refractivity contribution in [2.75, 3.05) is 5.73 Å². The largest absolute Gasteiger partial charge is 0.508 e. The van der Waals surface area contributed by atoms with Gasteiger partial charge in [-0.1, -0.05) is 38.1 Å². The van der Waals surface area contributed by atoms with E-state index in [0.29, 0.717) is 11.3 Å². The zero-order valence-electron chi connectivity index (χ0n) is 17.2. The molecular formula is C25H28N2O2. The molecule has 3 aromatic rings. The summed E-state index contributed by atoms with van der Waals surface area (Å²) in [6, 6.07) is 17.2. The lowest BCUT2D eigenvalue weighted by Crippen LogP contribution is -1.97. The summed E-state index contributed by atoms with van der Waals surface area (Å²) in [6.07, 6.45) is 2.64. The molecule has 0 aromatic heterocycles. The monoisotopic (exact) mass is 388 g/mol. The summed E-state index contributed by atoms with van der Waals surface area (Å²) in [5.41, 5.74) is 13.9. The number of aliphatic imine (C=N–C) groups is 1. The SMILES string of the molecule is CCc1cc(Cc2ccc(N=C(C)c3ccc(O)cc3O)c(CC)c2)ccc1N. The van der Waals surface area contributed by atoms with E-state index in [1.807, 2.05) is 19.1 Å². The van der Waals surface area contributed by atoms with Crippen LogP contribution in [0.4, 0.5) is 11.4 Å². The highest BCUT2D eigenvalue weighted by Gasteiger charge is 2.09. The van der Waals surface area contributed by atoms with Gasteiger partial charge in [0.25, 0.3) is 0 Å². The van der Waals surface area contributed by atoms with Crippen LogP contribution in [0, 0.1) is 0 Å². The van der Waals surface area contributed by atoms with E-state index in [1.54, 1.807) is 12.1 Å². The molecule has 0 spiro atoms. The molecule has 0 heterocycles. The van der Waals surface area contributed by atoms with Gasteiger partial charge in [0.15, 0.2) is 0 Å². The summed E-state index contributed by atoms with van der Waals surface area (Å²) in [6.45, 7) is 6.09. The van der Waals surface area contributed by atoms with Crippen molar-refractivity contribution in [2.45, 2.75) is 40.0 Å². The minimum atomic E-state index is 0.0241. The van der Waals surface area contributed by atoms with Crippen LogP contribution in [-0.2, 0) is 19.3 Å². The van der Waals surface area contributed by atoms with Gasteiger partial charge in [0, 0.05) is 23.0 Å². The average molecular weight is 389 g/mol. The van der Waals surface area contributed by atoms with Gasteiger partial charge in [-0.25, -0.2) is 0 Å². The maximum Gasteiger partial charge on any atom is 0.128 e. The third kappa shape index (κ3) is 4.77. The minimum Gasteiger partial charge on any atom is -0.508 e. The van der Waals surface area contributed by atoms with Crippen molar-refractivity contribution < 1.29 is 10.2 Å². The number of aromatic hydroxyl groups is 2. The van der Waals surface area contributed by atoms with Gasteiger partial charge in [0.05, 0.1) is 5.69 Å². The standard InChI is InChI=1S/C25H28N2O2/c1-4-19-13-17(6-10-23(19)26)12-18-7-11-24(20(5-2)14-18)27-16(3)22-9-8-21(28)15-25(22)29/h6-11,13-15,28-29H,4-5,12,26H2,1-3H3. The Bertz CT molecular complexity index is 1050. The van der Waals surface area contributed by atoms with E-state index in [0.717, 1.165) is 36.2 Å². The highest BCUT2D eigenvalue weighted by Crippen LogP contribution is 2.28. The van der Waals surface area contributed by atoms with Crippen molar-refractivity contribution in [3.63, 3.8) is 0 Å². The number of hydrogen-bond acceptors (Lipinski definition) is 4. The number of rotatable bonds is 6. The molecule has 4 N–H and O–H groups in total. The molecule has 3 aromatic carbocycles. The van der Waals surface area contributed by atoms with E-state index in [2.05, 4.69) is 38.1 Å². The molecule has 150 valence electrons. The Morgan fingerprint density at radius 1 is 0.862 bits per heavy atom. The number of phenols is 2. The first-order valence-electron chi connectivity index (χ1n) is 9.98. The zero-order chi connectivity index (χ0) is 21.0. The van der Waals surface area contributed by atoms with Gasteiger partial charge < -0.3 is 15.9 Å². The molecule has 0 aliphatic carbocycles. The number of benzene rings is 3. The first-order chi connectivity index (χ1) is 13.9. The predicted octanol–water partition coefficient (Wildman–Crippen LogP) is 5.54. The van der Waals surface area contributed by atoms with E-state index in [9.17, 15) is 10.2 Å². The summed E-state index contributed by atoms with van der Waals surface area (Å²) < 4.78 is 0. The van der Waals surface area contributed by atoms with Gasteiger partial charge in [0.1, 0.15) is 11.5 Å². The third-order valence-electron chi connectivity index (χ3n) is 5.18. The maximum absolute atomic E-state index is 10.1. The molecular weight excluding hydrogens is 360 g/mol. The Morgan fingerprint density at radius 3 is 2.17 bits per heavy atom. The number of nitrogens with two attached hydrogens (primary N) is 1. The lowest BCUT2D eigenvalue weighted by atomic mass is 9.98. The molecule has 0 aliphatic rings. The number of hydrogen-bond donors (Lipinski definition) is 3. The van der Waals surface area contributed by atoms with Crippen molar-refractivity contribution in [1.29, 1.82) is 0 Å². The highest BCUT2D eigenvalue weighted by molar-refractivity contribution is 6.02. The molecule has 4 heteroatoms. The first kappa shape index (κ1) is 20.5. The number of nitrogens with zero attached hydrogens (tertiary/aromatic N) is 1. The Balaban J connectivity index is 1.89. The van der Waals surface area contributed by atoms with E-state index in [1.165, 1.54) is 22.8 Å². The summed E-state index contributed by atoms with van der Waals surface area (Å²) in [5, 5.41) is 19.6. The Morgan fingerprint density at radius 2 is 1.52 bits per heavy atom. The van der Waals surface area contributed by atoms with Crippen molar-refractivity contribution >= 4 is 17.1 Å². The van der Waals surface area contributed by atoms with E-state index >= 15 is 0 Å². The summed E-state index contributed by atoms with van der Waals surface area (Å²) in [7, 11) is 0. The van der Waals surface area contributed by atoms with E-state index in [-0.39, 0.29) is 11.5 Å². The molecule has 0 fully saturated rings. The molecule has 0 saturated carbocycles. The quantitative estimate of drug-likeness (QED) is 0.383. The molecule has 3 rings (SSSR count). The van der Waals surface area contributed by atoms with Crippen LogP contribution in [0.5, 0.6) is 11.5 Å². The fourth-order valence-electron chi connectivity index (χ4n) is 3.52. The topological polar surface area (TPSA) is 78.8 Å². The van der Waals surface area contributed by atoms with Crippen molar-refractivity contribution in [2.24, 2.45) is 4.99 Å². The van der Waals surface area contributed by atoms with Crippen LogP contribution in [0.2, 0.25) is 0 Å². The van der Waals surface area contributed by atoms with Crippen LogP contribution < -0.4 is 5.73 Å². The summed E-state index contributed by atoms with van der Waals surface area (Å²) in [4.78, 5) is 4.74. The highest BCUT2D eigenvalue weighted by atomic mass is 16.3. The molecule has 0 bridgehead atoms. The molecule has 0 radical (unpaired) electrons. The summed E-state index contributed by atoms with van der Waals surface area (Å²) in [5.74, 6) is 0.0579. The van der Waals surface area contributed by atoms with Gasteiger partial charge in [-0.2, -0.15) is 0 Å². The van der Waals surface area contributed by atoms with Crippen LogP contribution >= 0.6 is 0 Å². The van der Waals surface area contributed by atoms with Crippen molar-refractivity contribution in [1.82, 2.24) is 0 Å². The fourth-order valence-corrected chi connectivity index (χ4v) is 3.52. The van der Waals surface area contributed by atoms with Gasteiger partial charge in [-0.3, -0.25) is 4.99 Å². The van der Waals surface area contributed by atoms with Crippen molar-refractivity contribution in [3.05, 3.63) is 82.4 Å². The molecule has 29 heavy (non-hydrogen) atoms. The normalized spacial score (nSPS) is 11.6. The van der Waals surface area contributed by atoms with Gasteiger partial charge >= 0.3 is 0 Å². The van der Waals surface area contributed by atoms with Crippen LogP contribution in [0.15, 0.2) is 59.6 Å². The number of anilines is 1. The Labute approximate surface area is 172 Å². The molecule has 0 amide bonds. The van der Waals surface area contributed by atoms with Crippen molar-refractivity contribution in [3.8, 4) is 11.5 Å². The number of nitrogen functional groups attached to an aromatic ring is 1. The number of phenolic OH excluding ortho intramolecular Hbond substituents is 2. The zero-order valence-corrected chi connectivity index (χ0v) is 17.2. The molecule has 4 nitrogen and oxygen atoms in total. The second kappa shape index (κ2) is 8.82. The molecule has 0 atom stereocenters. The Kier molecular flexibility index (Phi) is 6.23. The minimum absolute atomic E-state index is 0.0241. The predicted molar refractivity (Wildman–Crippen MR) is 121 cm³/mol. The first-order valence-corrected chi connectivity index (χ1v) is 9.98. The third-order valence-corrected chi connectivity index (χ3v) is 5.18.